The van der Waals surface area contributed by atoms with Crippen LogP contribution in [0.4, 0.5) is 4.39 Å². The standard InChI is InChI=1S/C16H16FN3O2S/c17-11-6-4-10(5-7-11)8-18-14(21)9-23-16-19-13-3-1-2-12(13)15(22)20-16/h4-7H,1-3,8-9H2,(H,18,21)(H,19,20,22). The van der Waals surface area contributed by atoms with Crippen LogP contribution in [0.1, 0.15) is 23.2 Å². The molecule has 0 saturated carbocycles. The summed E-state index contributed by atoms with van der Waals surface area (Å²) in [6.07, 6.45) is 2.56. The van der Waals surface area contributed by atoms with Crippen molar-refractivity contribution in [3.8, 4) is 0 Å². The molecule has 0 radical (unpaired) electrons. The first kappa shape index (κ1) is 15.7. The normalized spacial score (nSPS) is 12.9. The molecule has 0 unspecified atom stereocenters. The van der Waals surface area contributed by atoms with Gasteiger partial charge in [-0.1, -0.05) is 23.9 Å². The van der Waals surface area contributed by atoms with Crippen molar-refractivity contribution in [3.63, 3.8) is 0 Å². The Morgan fingerprint density at radius 1 is 1.30 bits per heavy atom. The average molecular weight is 333 g/mol. The fraction of sp³-hybridized carbons (Fsp3) is 0.312. The molecule has 0 spiro atoms. The number of aryl methyl sites for hydroxylation is 1. The van der Waals surface area contributed by atoms with Gasteiger partial charge in [0, 0.05) is 12.1 Å². The first-order valence-electron chi connectivity index (χ1n) is 7.38. The molecule has 0 saturated heterocycles. The fourth-order valence-corrected chi connectivity index (χ4v) is 3.18. The van der Waals surface area contributed by atoms with E-state index in [1.165, 1.54) is 23.9 Å². The van der Waals surface area contributed by atoms with Gasteiger partial charge in [-0.25, -0.2) is 9.37 Å². The molecule has 0 bridgehead atoms. The van der Waals surface area contributed by atoms with Gasteiger partial charge in [-0.2, -0.15) is 0 Å². The van der Waals surface area contributed by atoms with E-state index in [4.69, 9.17) is 0 Å². The molecule has 2 aromatic rings. The summed E-state index contributed by atoms with van der Waals surface area (Å²) >= 11 is 1.21. The van der Waals surface area contributed by atoms with Crippen LogP contribution in [-0.2, 0) is 24.2 Å². The minimum absolute atomic E-state index is 0.0956. The number of benzene rings is 1. The Kier molecular flexibility index (Phi) is 4.76. The molecule has 7 heteroatoms. The van der Waals surface area contributed by atoms with Crippen LogP contribution in [0.25, 0.3) is 0 Å². The van der Waals surface area contributed by atoms with Crippen molar-refractivity contribution in [2.75, 3.05) is 5.75 Å². The molecule has 2 N–H and O–H groups in total. The zero-order chi connectivity index (χ0) is 16.2. The minimum atomic E-state index is -0.303. The Hall–Kier alpha value is -2.15. The maximum Gasteiger partial charge on any atom is 0.254 e. The molecule has 0 atom stereocenters. The second-order valence-corrected chi connectivity index (χ2v) is 6.31. The molecule has 120 valence electrons. The zero-order valence-electron chi connectivity index (χ0n) is 12.4. The average Bonchev–Trinajstić information content (AvgIpc) is 3.01. The van der Waals surface area contributed by atoms with Crippen LogP contribution in [0.3, 0.4) is 0 Å². The number of carbonyl (C=O) groups is 1. The lowest BCUT2D eigenvalue weighted by molar-refractivity contribution is -0.118. The lowest BCUT2D eigenvalue weighted by Crippen LogP contribution is -2.25. The number of aromatic nitrogens is 2. The van der Waals surface area contributed by atoms with Crippen molar-refractivity contribution in [1.82, 2.24) is 15.3 Å². The van der Waals surface area contributed by atoms with Crippen LogP contribution in [0.15, 0.2) is 34.2 Å². The lowest BCUT2D eigenvalue weighted by Gasteiger charge is -2.06. The van der Waals surface area contributed by atoms with E-state index in [2.05, 4.69) is 15.3 Å². The largest absolute Gasteiger partial charge is 0.351 e. The molecule has 1 heterocycles. The lowest BCUT2D eigenvalue weighted by atomic mass is 10.2. The number of thioether (sulfide) groups is 1. The molecular weight excluding hydrogens is 317 g/mol. The molecule has 1 aromatic heterocycles. The first-order valence-corrected chi connectivity index (χ1v) is 8.36. The number of nitrogens with zero attached hydrogens (tertiary/aromatic N) is 1. The summed E-state index contributed by atoms with van der Waals surface area (Å²) in [5, 5.41) is 3.23. The van der Waals surface area contributed by atoms with E-state index in [-0.39, 0.29) is 23.0 Å². The van der Waals surface area contributed by atoms with Crippen LogP contribution in [-0.4, -0.2) is 21.6 Å². The summed E-state index contributed by atoms with van der Waals surface area (Å²) in [6.45, 7) is 0.341. The van der Waals surface area contributed by atoms with Crippen molar-refractivity contribution >= 4 is 17.7 Å². The maximum atomic E-state index is 12.8. The van der Waals surface area contributed by atoms with Crippen molar-refractivity contribution in [2.24, 2.45) is 0 Å². The Morgan fingerprint density at radius 3 is 2.87 bits per heavy atom. The summed E-state index contributed by atoms with van der Waals surface area (Å²) in [4.78, 5) is 30.8. The Morgan fingerprint density at radius 2 is 2.09 bits per heavy atom. The predicted molar refractivity (Wildman–Crippen MR) is 85.9 cm³/mol. The van der Waals surface area contributed by atoms with Gasteiger partial charge in [0.25, 0.3) is 5.56 Å². The Balaban J connectivity index is 1.52. The SMILES string of the molecule is O=C(CSc1nc2c(c(=O)[nH]1)CCC2)NCc1ccc(F)cc1. The predicted octanol–water partition coefficient (Wildman–Crippen LogP) is 1.81. The summed E-state index contributed by atoms with van der Waals surface area (Å²) < 4.78 is 12.8. The van der Waals surface area contributed by atoms with E-state index in [1.807, 2.05) is 0 Å². The Labute approximate surface area is 136 Å². The Bertz CT molecular complexity index is 774. The quantitative estimate of drug-likeness (QED) is 0.646. The van der Waals surface area contributed by atoms with Gasteiger partial charge in [-0.3, -0.25) is 9.59 Å². The monoisotopic (exact) mass is 333 g/mol. The highest BCUT2D eigenvalue weighted by atomic mass is 32.2. The van der Waals surface area contributed by atoms with E-state index in [0.717, 1.165) is 36.1 Å². The van der Waals surface area contributed by atoms with Gasteiger partial charge >= 0.3 is 0 Å². The molecule has 1 aliphatic rings. The summed E-state index contributed by atoms with van der Waals surface area (Å²) in [6, 6.07) is 5.97. The zero-order valence-corrected chi connectivity index (χ0v) is 13.2. The third kappa shape index (κ3) is 3.98. The number of halogens is 1. The van der Waals surface area contributed by atoms with Gasteiger partial charge in [0.15, 0.2) is 5.16 Å². The fourth-order valence-electron chi connectivity index (χ4n) is 2.48. The van der Waals surface area contributed by atoms with Gasteiger partial charge < -0.3 is 10.3 Å². The molecule has 5 nitrogen and oxygen atoms in total. The molecule has 3 rings (SSSR count). The molecule has 1 aliphatic carbocycles. The number of carbonyl (C=O) groups excluding carboxylic acids is 1. The number of amides is 1. The number of aromatic amines is 1. The van der Waals surface area contributed by atoms with Crippen LogP contribution in [0.2, 0.25) is 0 Å². The first-order chi connectivity index (χ1) is 11.1. The molecule has 23 heavy (non-hydrogen) atoms. The highest BCUT2D eigenvalue weighted by molar-refractivity contribution is 7.99. The van der Waals surface area contributed by atoms with E-state index < -0.39 is 0 Å². The van der Waals surface area contributed by atoms with E-state index in [9.17, 15) is 14.0 Å². The van der Waals surface area contributed by atoms with Gasteiger partial charge in [0.05, 0.1) is 11.4 Å². The number of hydrogen-bond donors (Lipinski definition) is 2. The van der Waals surface area contributed by atoms with E-state index in [1.54, 1.807) is 12.1 Å². The second kappa shape index (κ2) is 6.95. The smallest absolute Gasteiger partial charge is 0.254 e. The van der Waals surface area contributed by atoms with Crippen molar-refractivity contribution in [1.29, 1.82) is 0 Å². The molecular formula is C16H16FN3O2S. The highest BCUT2D eigenvalue weighted by Gasteiger charge is 2.17. The molecule has 1 amide bonds. The topological polar surface area (TPSA) is 74.8 Å². The number of fused-ring (bicyclic) bond motifs is 1. The highest BCUT2D eigenvalue weighted by Crippen LogP contribution is 2.19. The van der Waals surface area contributed by atoms with Crippen molar-refractivity contribution < 1.29 is 9.18 Å². The summed E-state index contributed by atoms with van der Waals surface area (Å²) in [5.74, 6) is -0.298. The third-order valence-corrected chi connectivity index (χ3v) is 4.54. The number of H-pyrrole nitrogens is 1. The van der Waals surface area contributed by atoms with E-state index >= 15 is 0 Å². The van der Waals surface area contributed by atoms with Crippen LogP contribution >= 0.6 is 11.8 Å². The summed E-state index contributed by atoms with van der Waals surface area (Å²) in [5.41, 5.74) is 2.36. The second-order valence-electron chi connectivity index (χ2n) is 5.34. The van der Waals surface area contributed by atoms with Gasteiger partial charge in [0.2, 0.25) is 5.91 Å². The molecule has 0 fully saturated rings. The van der Waals surface area contributed by atoms with Crippen LogP contribution in [0.5, 0.6) is 0 Å². The van der Waals surface area contributed by atoms with Gasteiger partial charge in [-0.05, 0) is 37.0 Å². The molecule has 1 aromatic carbocycles. The van der Waals surface area contributed by atoms with Crippen molar-refractivity contribution in [2.45, 2.75) is 31.0 Å². The van der Waals surface area contributed by atoms with Crippen molar-refractivity contribution in [3.05, 3.63) is 57.3 Å². The van der Waals surface area contributed by atoms with Gasteiger partial charge in [-0.15, -0.1) is 0 Å². The minimum Gasteiger partial charge on any atom is -0.351 e. The molecule has 0 aliphatic heterocycles. The van der Waals surface area contributed by atoms with Crippen LogP contribution in [0, 0.1) is 5.82 Å². The number of nitrogens with one attached hydrogen (secondary N) is 2. The number of hydrogen-bond acceptors (Lipinski definition) is 4. The summed E-state index contributed by atoms with van der Waals surface area (Å²) in [7, 11) is 0. The number of rotatable bonds is 5. The van der Waals surface area contributed by atoms with Crippen LogP contribution < -0.4 is 10.9 Å². The maximum absolute atomic E-state index is 12.8. The third-order valence-electron chi connectivity index (χ3n) is 3.66. The van der Waals surface area contributed by atoms with E-state index in [0.29, 0.717) is 11.7 Å². The van der Waals surface area contributed by atoms with Gasteiger partial charge in [0.1, 0.15) is 5.82 Å².